The molecule has 2 atom stereocenters. The van der Waals surface area contributed by atoms with Gasteiger partial charge in [-0.05, 0) is 39.8 Å². The van der Waals surface area contributed by atoms with E-state index in [0.29, 0.717) is 6.54 Å². The van der Waals surface area contributed by atoms with E-state index in [9.17, 15) is 0 Å². The summed E-state index contributed by atoms with van der Waals surface area (Å²) in [7, 11) is 1.67. The van der Waals surface area contributed by atoms with Crippen molar-refractivity contribution in [2.24, 2.45) is 0 Å². The Labute approximate surface area is 138 Å². The number of para-hydroxylation sites is 1. The summed E-state index contributed by atoms with van der Waals surface area (Å²) in [6, 6.07) is 8.47. The lowest BCUT2D eigenvalue weighted by Crippen LogP contribution is -2.33. The molecule has 0 aliphatic heterocycles. The molecule has 5 nitrogen and oxygen atoms in total. The average Bonchev–Trinajstić information content (AvgIpc) is 3.06. The van der Waals surface area contributed by atoms with Crippen LogP contribution >= 0.6 is 0 Å². The normalized spacial score (nSPS) is 13.8. The second kappa shape index (κ2) is 8.02. The molecule has 0 radical (unpaired) electrons. The highest BCUT2D eigenvalue weighted by Gasteiger charge is 2.16. The number of aromatic nitrogens is 2. The molecule has 1 heterocycles. The van der Waals surface area contributed by atoms with Crippen molar-refractivity contribution in [2.45, 2.75) is 52.4 Å². The molecule has 0 fully saturated rings. The van der Waals surface area contributed by atoms with Crippen LogP contribution in [-0.4, -0.2) is 29.0 Å². The molecule has 2 rings (SSSR count). The van der Waals surface area contributed by atoms with E-state index in [0.717, 1.165) is 17.1 Å². The molecule has 1 aromatic carbocycles. The Morgan fingerprint density at radius 3 is 2.57 bits per heavy atom. The van der Waals surface area contributed by atoms with Gasteiger partial charge >= 0.3 is 0 Å². The summed E-state index contributed by atoms with van der Waals surface area (Å²) in [6.45, 7) is 9.07. The largest absolute Gasteiger partial charge is 0.493 e. The molecule has 0 unspecified atom stereocenters. The molecule has 5 heteroatoms. The molecule has 23 heavy (non-hydrogen) atoms. The van der Waals surface area contributed by atoms with Crippen LogP contribution in [0, 0.1) is 0 Å². The van der Waals surface area contributed by atoms with Crippen LogP contribution in [0.4, 0.5) is 0 Å². The van der Waals surface area contributed by atoms with Crippen molar-refractivity contribution < 1.29 is 9.47 Å². The molecule has 0 aliphatic carbocycles. The SMILES string of the molecule is COc1cccc(CN[C@@H](C)[C@@H](C)n2cccn2)c1OC(C)C. The standard InChI is InChI=1S/C18H27N3O2/c1-13(2)23-18-16(8-6-9-17(18)22-5)12-19-14(3)15(4)21-11-7-10-20-21/h6-11,13-15,19H,12H2,1-5H3/t14-,15+/m0/s1. The molecule has 0 saturated carbocycles. The van der Waals surface area contributed by atoms with Gasteiger partial charge in [0.15, 0.2) is 11.5 Å². The van der Waals surface area contributed by atoms with Gasteiger partial charge < -0.3 is 14.8 Å². The first-order valence-corrected chi connectivity index (χ1v) is 8.08. The highest BCUT2D eigenvalue weighted by molar-refractivity contribution is 5.46. The molecular formula is C18H27N3O2. The van der Waals surface area contributed by atoms with Gasteiger partial charge in [0.2, 0.25) is 0 Å². The number of ether oxygens (including phenoxy) is 2. The van der Waals surface area contributed by atoms with Crippen LogP contribution in [0.25, 0.3) is 0 Å². The fourth-order valence-corrected chi connectivity index (χ4v) is 2.42. The molecule has 1 N–H and O–H groups in total. The van der Waals surface area contributed by atoms with Crippen LogP contribution in [-0.2, 0) is 6.54 Å². The monoisotopic (exact) mass is 317 g/mol. The van der Waals surface area contributed by atoms with Gasteiger partial charge in [0.1, 0.15) is 0 Å². The molecule has 0 spiro atoms. The van der Waals surface area contributed by atoms with Gasteiger partial charge in [-0.3, -0.25) is 4.68 Å². The first-order valence-electron chi connectivity index (χ1n) is 8.08. The zero-order valence-corrected chi connectivity index (χ0v) is 14.6. The lowest BCUT2D eigenvalue weighted by molar-refractivity contribution is 0.226. The second-order valence-electron chi connectivity index (χ2n) is 6.01. The lowest BCUT2D eigenvalue weighted by Gasteiger charge is -2.23. The Morgan fingerprint density at radius 2 is 1.96 bits per heavy atom. The number of hydrogen-bond acceptors (Lipinski definition) is 4. The Balaban J connectivity index is 2.07. The van der Waals surface area contributed by atoms with Crippen LogP contribution in [0.15, 0.2) is 36.7 Å². The predicted molar refractivity (Wildman–Crippen MR) is 92.0 cm³/mol. The maximum Gasteiger partial charge on any atom is 0.166 e. The predicted octanol–water partition coefficient (Wildman–Crippen LogP) is 3.42. The van der Waals surface area contributed by atoms with Crippen molar-refractivity contribution >= 4 is 0 Å². The summed E-state index contributed by atoms with van der Waals surface area (Å²) in [5.41, 5.74) is 1.09. The van der Waals surface area contributed by atoms with Crippen molar-refractivity contribution in [2.75, 3.05) is 7.11 Å². The summed E-state index contributed by atoms with van der Waals surface area (Å²) in [6.07, 6.45) is 3.90. The first-order chi connectivity index (χ1) is 11.0. The Kier molecular flexibility index (Phi) is 6.04. The van der Waals surface area contributed by atoms with E-state index >= 15 is 0 Å². The highest BCUT2D eigenvalue weighted by atomic mass is 16.5. The van der Waals surface area contributed by atoms with Crippen LogP contribution in [0.1, 0.15) is 39.3 Å². The average molecular weight is 317 g/mol. The third-order valence-corrected chi connectivity index (χ3v) is 3.91. The molecule has 0 saturated heterocycles. The van der Waals surface area contributed by atoms with Gasteiger partial charge in [-0.1, -0.05) is 12.1 Å². The van der Waals surface area contributed by atoms with Gasteiger partial charge in [0.05, 0.1) is 19.3 Å². The number of rotatable bonds is 8. The molecule has 1 aromatic heterocycles. The van der Waals surface area contributed by atoms with Crippen LogP contribution in [0.5, 0.6) is 11.5 Å². The van der Waals surface area contributed by atoms with E-state index in [-0.39, 0.29) is 18.2 Å². The smallest absolute Gasteiger partial charge is 0.166 e. The van der Waals surface area contributed by atoms with Gasteiger partial charge in [0.25, 0.3) is 0 Å². The van der Waals surface area contributed by atoms with Gasteiger partial charge in [-0.15, -0.1) is 0 Å². The van der Waals surface area contributed by atoms with E-state index in [2.05, 4.69) is 30.3 Å². The summed E-state index contributed by atoms with van der Waals surface area (Å²) in [4.78, 5) is 0. The van der Waals surface area contributed by atoms with Crippen molar-refractivity contribution in [3.8, 4) is 11.5 Å². The fraction of sp³-hybridized carbons (Fsp3) is 0.500. The third-order valence-electron chi connectivity index (χ3n) is 3.91. The van der Waals surface area contributed by atoms with Crippen molar-refractivity contribution in [3.63, 3.8) is 0 Å². The lowest BCUT2D eigenvalue weighted by atomic mass is 10.1. The van der Waals surface area contributed by atoms with E-state index in [1.54, 1.807) is 13.3 Å². The Morgan fingerprint density at radius 1 is 1.17 bits per heavy atom. The number of hydrogen-bond donors (Lipinski definition) is 1. The number of benzene rings is 1. The van der Waals surface area contributed by atoms with Crippen LogP contribution in [0.3, 0.4) is 0 Å². The number of nitrogens with zero attached hydrogens (tertiary/aromatic N) is 2. The minimum absolute atomic E-state index is 0.102. The van der Waals surface area contributed by atoms with Gasteiger partial charge in [0, 0.05) is 30.5 Å². The Bertz CT molecular complexity index is 596. The minimum atomic E-state index is 0.102. The van der Waals surface area contributed by atoms with Crippen molar-refractivity contribution in [3.05, 3.63) is 42.2 Å². The van der Waals surface area contributed by atoms with Crippen LogP contribution in [0.2, 0.25) is 0 Å². The molecule has 126 valence electrons. The molecule has 2 aromatic rings. The maximum absolute atomic E-state index is 5.95. The number of methoxy groups -OCH3 is 1. The zero-order valence-electron chi connectivity index (χ0n) is 14.6. The van der Waals surface area contributed by atoms with E-state index in [1.807, 2.05) is 42.9 Å². The second-order valence-corrected chi connectivity index (χ2v) is 6.01. The third kappa shape index (κ3) is 4.48. The zero-order chi connectivity index (χ0) is 16.8. The summed E-state index contributed by atoms with van der Waals surface area (Å²) in [5, 5.41) is 7.86. The minimum Gasteiger partial charge on any atom is -0.493 e. The molecule has 0 bridgehead atoms. The Hall–Kier alpha value is -2.01. The van der Waals surface area contributed by atoms with E-state index in [4.69, 9.17) is 9.47 Å². The first kappa shape index (κ1) is 17.3. The molecule has 0 amide bonds. The molecular weight excluding hydrogens is 290 g/mol. The summed E-state index contributed by atoms with van der Waals surface area (Å²) < 4.78 is 13.4. The highest BCUT2D eigenvalue weighted by Crippen LogP contribution is 2.32. The van der Waals surface area contributed by atoms with Crippen molar-refractivity contribution in [1.29, 1.82) is 0 Å². The topological polar surface area (TPSA) is 48.3 Å². The van der Waals surface area contributed by atoms with Crippen LogP contribution < -0.4 is 14.8 Å². The molecule has 0 aliphatic rings. The number of nitrogens with one attached hydrogen (secondary N) is 1. The van der Waals surface area contributed by atoms with Gasteiger partial charge in [-0.2, -0.15) is 5.10 Å². The van der Waals surface area contributed by atoms with Gasteiger partial charge in [-0.25, -0.2) is 0 Å². The fourth-order valence-electron chi connectivity index (χ4n) is 2.42. The quantitative estimate of drug-likeness (QED) is 0.810. The van der Waals surface area contributed by atoms with E-state index in [1.165, 1.54) is 0 Å². The maximum atomic E-state index is 5.95. The summed E-state index contributed by atoms with van der Waals surface area (Å²) >= 11 is 0. The summed E-state index contributed by atoms with van der Waals surface area (Å²) in [5.74, 6) is 1.59. The van der Waals surface area contributed by atoms with Crippen molar-refractivity contribution in [1.82, 2.24) is 15.1 Å². The van der Waals surface area contributed by atoms with E-state index < -0.39 is 0 Å².